The van der Waals surface area contributed by atoms with Gasteiger partial charge in [-0.1, -0.05) is 24.0 Å². The molecule has 0 radical (unpaired) electrons. The van der Waals surface area contributed by atoms with Gasteiger partial charge in [0.05, 0.1) is 0 Å². The van der Waals surface area contributed by atoms with E-state index in [9.17, 15) is 4.79 Å². The molecule has 102 valence electrons. The molecule has 0 spiro atoms. The first-order valence-electron chi connectivity index (χ1n) is 6.23. The summed E-state index contributed by atoms with van der Waals surface area (Å²) in [5.74, 6) is 5.44. The number of aliphatic hydroxyl groups is 1. The lowest BCUT2D eigenvalue weighted by atomic mass is 10.1. The summed E-state index contributed by atoms with van der Waals surface area (Å²) in [6, 6.07) is 7.67. The Morgan fingerprint density at radius 3 is 2.37 bits per heavy atom. The fourth-order valence-electron chi connectivity index (χ4n) is 1.60. The SMILES string of the molecule is CCN(C)C(=O)N(C)Cc1ccc(C#CCO)cc1. The van der Waals surface area contributed by atoms with E-state index in [0.29, 0.717) is 13.1 Å². The van der Waals surface area contributed by atoms with Crippen molar-refractivity contribution >= 4 is 6.03 Å². The number of aliphatic hydroxyl groups excluding tert-OH is 1. The summed E-state index contributed by atoms with van der Waals surface area (Å²) < 4.78 is 0. The molecular formula is C15H20N2O2. The molecule has 1 rings (SSSR count). The van der Waals surface area contributed by atoms with Crippen LogP contribution >= 0.6 is 0 Å². The van der Waals surface area contributed by atoms with Gasteiger partial charge in [0.25, 0.3) is 0 Å². The van der Waals surface area contributed by atoms with Gasteiger partial charge in [0.2, 0.25) is 0 Å². The Labute approximate surface area is 114 Å². The number of hydrogen-bond acceptors (Lipinski definition) is 2. The lowest BCUT2D eigenvalue weighted by Crippen LogP contribution is -2.38. The van der Waals surface area contributed by atoms with Gasteiger partial charge in [-0.25, -0.2) is 4.79 Å². The van der Waals surface area contributed by atoms with Crippen LogP contribution in [0.25, 0.3) is 0 Å². The van der Waals surface area contributed by atoms with E-state index in [2.05, 4.69) is 11.8 Å². The van der Waals surface area contributed by atoms with Crippen molar-refractivity contribution in [3.8, 4) is 11.8 Å². The van der Waals surface area contributed by atoms with Crippen LogP contribution in [0.2, 0.25) is 0 Å². The molecule has 19 heavy (non-hydrogen) atoms. The number of amides is 2. The molecule has 1 aromatic rings. The van der Waals surface area contributed by atoms with Crippen molar-refractivity contribution in [2.75, 3.05) is 27.2 Å². The number of carbonyl (C=O) groups excluding carboxylic acids is 1. The van der Waals surface area contributed by atoms with E-state index in [4.69, 9.17) is 5.11 Å². The van der Waals surface area contributed by atoms with Crippen LogP contribution in [0, 0.1) is 11.8 Å². The van der Waals surface area contributed by atoms with Crippen LogP contribution in [0.1, 0.15) is 18.1 Å². The fourth-order valence-corrected chi connectivity index (χ4v) is 1.60. The van der Waals surface area contributed by atoms with Gasteiger partial charge in [-0.2, -0.15) is 0 Å². The van der Waals surface area contributed by atoms with E-state index >= 15 is 0 Å². The Morgan fingerprint density at radius 1 is 1.21 bits per heavy atom. The van der Waals surface area contributed by atoms with Crippen LogP contribution in [0.15, 0.2) is 24.3 Å². The fraction of sp³-hybridized carbons (Fsp3) is 0.400. The zero-order chi connectivity index (χ0) is 14.3. The first-order chi connectivity index (χ1) is 9.08. The van der Waals surface area contributed by atoms with E-state index in [1.165, 1.54) is 0 Å². The minimum absolute atomic E-state index is 0.00616. The van der Waals surface area contributed by atoms with E-state index in [-0.39, 0.29) is 12.6 Å². The molecule has 0 aliphatic heterocycles. The molecule has 0 heterocycles. The van der Waals surface area contributed by atoms with E-state index in [0.717, 1.165) is 11.1 Å². The number of benzene rings is 1. The Morgan fingerprint density at radius 2 is 1.84 bits per heavy atom. The van der Waals surface area contributed by atoms with Gasteiger partial charge in [-0.15, -0.1) is 0 Å². The van der Waals surface area contributed by atoms with Crippen LogP contribution in [-0.2, 0) is 6.54 Å². The van der Waals surface area contributed by atoms with Gasteiger partial charge < -0.3 is 14.9 Å². The average molecular weight is 260 g/mol. The third-order valence-electron chi connectivity index (χ3n) is 2.81. The molecule has 0 bridgehead atoms. The van der Waals surface area contributed by atoms with Gasteiger partial charge in [-0.3, -0.25) is 0 Å². The Balaban J connectivity index is 2.65. The van der Waals surface area contributed by atoms with Gasteiger partial charge in [-0.05, 0) is 24.6 Å². The predicted molar refractivity (Wildman–Crippen MR) is 75.6 cm³/mol. The molecule has 1 aromatic carbocycles. The highest BCUT2D eigenvalue weighted by molar-refractivity contribution is 5.73. The van der Waals surface area contributed by atoms with Crippen molar-refractivity contribution in [2.24, 2.45) is 0 Å². The summed E-state index contributed by atoms with van der Waals surface area (Å²) in [7, 11) is 3.57. The van der Waals surface area contributed by atoms with Crippen LogP contribution in [0.3, 0.4) is 0 Å². The topological polar surface area (TPSA) is 43.8 Å². The molecule has 4 heteroatoms. The third-order valence-corrected chi connectivity index (χ3v) is 2.81. The summed E-state index contributed by atoms with van der Waals surface area (Å²) in [6.07, 6.45) is 0. The first-order valence-corrected chi connectivity index (χ1v) is 6.23. The monoisotopic (exact) mass is 260 g/mol. The molecule has 0 saturated carbocycles. The summed E-state index contributed by atoms with van der Waals surface area (Å²) >= 11 is 0. The molecule has 0 saturated heterocycles. The highest BCUT2D eigenvalue weighted by Gasteiger charge is 2.12. The van der Waals surface area contributed by atoms with Crippen LogP contribution in [0.5, 0.6) is 0 Å². The lowest BCUT2D eigenvalue weighted by Gasteiger charge is -2.23. The zero-order valence-electron chi connectivity index (χ0n) is 11.7. The Bertz CT molecular complexity index is 471. The first kappa shape index (κ1) is 15.1. The number of urea groups is 1. The van der Waals surface area contributed by atoms with Gasteiger partial charge in [0.1, 0.15) is 6.61 Å². The Kier molecular flexibility index (Phi) is 5.91. The van der Waals surface area contributed by atoms with Crippen molar-refractivity contribution in [3.63, 3.8) is 0 Å². The second kappa shape index (κ2) is 7.45. The van der Waals surface area contributed by atoms with Crippen LogP contribution in [-0.4, -0.2) is 48.2 Å². The minimum atomic E-state index is -0.137. The highest BCUT2D eigenvalue weighted by Crippen LogP contribution is 2.07. The largest absolute Gasteiger partial charge is 0.384 e. The van der Waals surface area contributed by atoms with Crippen molar-refractivity contribution in [3.05, 3.63) is 35.4 Å². The van der Waals surface area contributed by atoms with E-state index in [1.807, 2.05) is 31.2 Å². The quantitative estimate of drug-likeness (QED) is 0.838. The molecular weight excluding hydrogens is 240 g/mol. The van der Waals surface area contributed by atoms with Gasteiger partial charge in [0, 0.05) is 32.7 Å². The van der Waals surface area contributed by atoms with Crippen molar-refractivity contribution in [1.29, 1.82) is 0 Å². The molecule has 0 atom stereocenters. The smallest absolute Gasteiger partial charge is 0.319 e. The molecule has 0 aliphatic carbocycles. The second-order valence-electron chi connectivity index (χ2n) is 4.31. The van der Waals surface area contributed by atoms with Gasteiger partial charge in [0.15, 0.2) is 0 Å². The second-order valence-corrected chi connectivity index (χ2v) is 4.31. The molecule has 0 unspecified atom stereocenters. The number of nitrogens with zero attached hydrogens (tertiary/aromatic N) is 2. The van der Waals surface area contributed by atoms with Crippen LogP contribution < -0.4 is 0 Å². The molecule has 0 aliphatic rings. The maximum atomic E-state index is 11.9. The van der Waals surface area contributed by atoms with Crippen molar-refractivity contribution in [1.82, 2.24) is 9.80 Å². The van der Waals surface area contributed by atoms with Gasteiger partial charge >= 0.3 is 6.03 Å². The number of rotatable bonds is 3. The molecule has 4 nitrogen and oxygen atoms in total. The standard InChI is InChI=1S/C15H20N2O2/c1-4-16(2)15(19)17(3)12-14-9-7-13(8-10-14)6-5-11-18/h7-10,18H,4,11-12H2,1-3H3. The number of carbonyl (C=O) groups is 1. The highest BCUT2D eigenvalue weighted by atomic mass is 16.2. The molecule has 1 N–H and O–H groups in total. The minimum Gasteiger partial charge on any atom is -0.384 e. The summed E-state index contributed by atoms with van der Waals surface area (Å²) in [5, 5.41) is 8.62. The van der Waals surface area contributed by atoms with E-state index in [1.54, 1.807) is 23.9 Å². The summed E-state index contributed by atoms with van der Waals surface area (Å²) in [5.41, 5.74) is 1.91. The van der Waals surface area contributed by atoms with Crippen molar-refractivity contribution in [2.45, 2.75) is 13.5 Å². The van der Waals surface area contributed by atoms with Crippen molar-refractivity contribution < 1.29 is 9.90 Å². The number of hydrogen-bond donors (Lipinski definition) is 1. The maximum Gasteiger partial charge on any atom is 0.319 e. The maximum absolute atomic E-state index is 11.9. The Hall–Kier alpha value is -1.99. The van der Waals surface area contributed by atoms with Crippen LogP contribution in [0.4, 0.5) is 4.79 Å². The summed E-state index contributed by atoms with van der Waals surface area (Å²) in [4.78, 5) is 15.2. The zero-order valence-corrected chi connectivity index (χ0v) is 11.7. The molecule has 0 fully saturated rings. The normalized spacial score (nSPS) is 9.47. The van der Waals surface area contributed by atoms with E-state index < -0.39 is 0 Å². The lowest BCUT2D eigenvalue weighted by molar-refractivity contribution is 0.173. The third kappa shape index (κ3) is 4.65. The molecule has 2 amide bonds. The average Bonchev–Trinajstić information content (AvgIpc) is 2.44. The predicted octanol–water partition coefficient (Wildman–Crippen LogP) is 1.53. The molecule has 0 aromatic heterocycles. The summed E-state index contributed by atoms with van der Waals surface area (Å²) in [6.45, 7) is 3.07.